The number of primary amides is 1. The lowest BCUT2D eigenvalue weighted by Gasteiger charge is -2.22. The second-order valence-electron chi connectivity index (χ2n) is 4.34. The maximum Gasteiger partial charge on any atom is 0.354 e. The Balaban J connectivity index is 2.64. The lowest BCUT2D eigenvalue weighted by Crippen LogP contribution is -2.34. The van der Waals surface area contributed by atoms with E-state index in [9.17, 15) is 9.59 Å². The molecule has 3 N–H and O–H groups in total. The molecule has 0 aliphatic rings. The number of rotatable bonds is 5. The van der Waals surface area contributed by atoms with Crippen molar-refractivity contribution in [3.05, 3.63) is 36.0 Å². The number of anilines is 1. The maximum atomic E-state index is 11.2. The molecular weight excluding hydrogens is 258 g/mol. The quantitative estimate of drug-likeness (QED) is 0.854. The number of aromatic nitrogens is 1. The Hall–Kier alpha value is -2.63. The number of carboxylic acids is 1. The average Bonchev–Trinajstić information content (AvgIpc) is 2.43. The Morgan fingerprint density at radius 2 is 2.05 bits per heavy atom. The molecule has 6 heteroatoms. The molecule has 2 aromatic rings. The van der Waals surface area contributed by atoms with E-state index in [2.05, 4.69) is 4.98 Å². The molecule has 6 nitrogen and oxygen atoms in total. The standard InChI is InChI=1S/C14H15N3O3/c1-2-17(8-12(15)18)13-10-6-4-3-5-9(10)7-11(16-13)14(19)20/h3-7H,2,8H2,1H3,(H2,15,18)(H,19,20). The molecular formula is C14H15N3O3. The maximum absolute atomic E-state index is 11.2. The molecule has 1 aromatic carbocycles. The van der Waals surface area contributed by atoms with Crippen molar-refractivity contribution in [1.29, 1.82) is 0 Å². The fourth-order valence-electron chi connectivity index (χ4n) is 2.06. The number of carboxylic acid groups (broad SMARTS) is 1. The number of aromatic carboxylic acids is 1. The lowest BCUT2D eigenvalue weighted by molar-refractivity contribution is -0.116. The lowest BCUT2D eigenvalue weighted by atomic mass is 10.1. The highest BCUT2D eigenvalue weighted by atomic mass is 16.4. The van der Waals surface area contributed by atoms with Gasteiger partial charge in [0, 0.05) is 11.9 Å². The van der Waals surface area contributed by atoms with E-state index in [1.165, 1.54) is 6.07 Å². The van der Waals surface area contributed by atoms with Gasteiger partial charge in [-0.15, -0.1) is 0 Å². The van der Waals surface area contributed by atoms with Crippen LogP contribution in [-0.4, -0.2) is 35.1 Å². The number of hydrogen-bond acceptors (Lipinski definition) is 4. The van der Waals surface area contributed by atoms with Crippen molar-refractivity contribution >= 4 is 28.5 Å². The molecule has 0 saturated heterocycles. The topological polar surface area (TPSA) is 96.5 Å². The summed E-state index contributed by atoms with van der Waals surface area (Å²) in [4.78, 5) is 28.1. The number of fused-ring (bicyclic) bond motifs is 1. The third kappa shape index (κ3) is 2.69. The Morgan fingerprint density at radius 1 is 1.35 bits per heavy atom. The van der Waals surface area contributed by atoms with E-state index in [1.54, 1.807) is 4.90 Å². The first-order valence-corrected chi connectivity index (χ1v) is 6.19. The number of carbonyl (C=O) groups excluding carboxylic acids is 1. The molecule has 0 spiro atoms. The van der Waals surface area contributed by atoms with Crippen molar-refractivity contribution < 1.29 is 14.7 Å². The fraction of sp³-hybridized carbons (Fsp3) is 0.214. The van der Waals surface area contributed by atoms with Gasteiger partial charge in [-0.25, -0.2) is 9.78 Å². The minimum atomic E-state index is -1.10. The predicted octanol–water partition coefficient (Wildman–Crippen LogP) is 1.24. The van der Waals surface area contributed by atoms with Gasteiger partial charge in [0.1, 0.15) is 5.82 Å². The average molecular weight is 273 g/mol. The molecule has 0 bridgehead atoms. The van der Waals surface area contributed by atoms with E-state index in [0.29, 0.717) is 12.4 Å². The largest absolute Gasteiger partial charge is 0.477 e. The number of amides is 1. The van der Waals surface area contributed by atoms with Crippen molar-refractivity contribution in [2.24, 2.45) is 5.73 Å². The highest BCUT2D eigenvalue weighted by Crippen LogP contribution is 2.25. The monoisotopic (exact) mass is 273 g/mol. The van der Waals surface area contributed by atoms with Crippen LogP contribution in [0, 0.1) is 0 Å². The van der Waals surface area contributed by atoms with E-state index in [-0.39, 0.29) is 12.2 Å². The summed E-state index contributed by atoms with van der Waals surface area (Å²) in [5.41, 5.74) is 5.17. The number of hydrogen-bond donors (Lipinski definition) is 2. The van der Waals surface area contributed by atoms with Crippen molar-refractivity contribution in [2.45, 2.75) is 6.92 Å². The van der Waals surface area contributed by atoms with Gasteiger partial charge in [-0.3, -0.25) is 4.79 Å². The van der Waals surface area contributed by atoms with Crippen molar-refractivity contribution in [3.63, 3.8) is 0 Å². The van der Waals surface area contributed by atoms with Gasteiger partial charge in [0.25, 0.3) is 0 Å². The summed E-state index contributed by atoms with van der Waals surface area (Å²) in [5.74, 6) is -1.13. The van der Waals surface area contributed by atoms with Crippen LogP contribution in [0.3, 0.4) is 0 Å². The Kier molecular flexibility index (Phi) is 3.84. The van der Waals surface area contributed by atoms with Gasteiger partial charge >= 0.3 is 5.97 Å². The summed E-state index contributed by atoms with van der Waals surface area (Å²) in [5, 5.41) is 10.7. The van der Waals surface area contributed by atoms with E-state index in [0.717, 1.165) is 10.8 Å². The summed E-state index contributed by atoms with van der Waals surface area (Å²) in [7, 11) is 0. The summed E-state index contributed by atoms with van der Waals surface area (Å²) in [6.07, 6.45) is 0. The van der Waals surface area contributed by atoms with Crippen LogP contribution in [0.25, 0.3) is 10.8 Å². The minimum Gasteiger partial charge on any atom is -0.477 e. The van der Waals surface area contributed by atoms with Crippen LogP contribution < -0.4 is 10.6 Å². The van der Waals surface area contributed by atoms with Crippen LogP contribution >= 0.6 is 0 Å². The fourth-order valence-corrected chi connectivity index (χ4v) is 2.06. The number of benzene rings is 1. The summed E-state index contributed by atoms with van der Waals surface area (Å²) in [6.45, 7) is 2.35. The normalized spacial score (nSPS) is 10.4. The minimum absolute atomic E-state index is 0.00341. The molecule has 0 unspecified atom stereocenters. The Bertz CT molecular complexity index is 670. The summed E-state index contributed by atoms with van der Waals surface area (Å²) >= 11 is 0. The van der Waals surface area contributed by atoms with Gasteiger partial charge < -0.3 is 15.7 Å². The first-order chi connectivity index (χ1) is 9.52. The van der Waals surface area contributed by atoms with Gasteiger partial charge in [0.15, 0.2) is 5.69 Å². The number of likely N-dealkylation sites (N-methyl/N-ethyl adjacent to an activating group) is 1. The van der Waals surface area contributed by atoms with Crippen LogP contribution in [0.5, 0.6) is 0 Å². The van der Waals surface area contributed by atoms with Crippen molar-refractivity contribution in [1.82, 2.24) is 4.98 Å². The molecule has 1 aromatic heterocycles. The van der Waals surface area contributed by atoms with E-state index >= 15 is 0 Å². The van der Waals surface area contributed by atoms with Crippen LogP contribution in [0.2, 0.25) is 0 Å². The summed E-state index contributed by atoms with van der Waals surface area (Å²) < 4.78 is 0. The third-order valence-corrected chi connectivity index (χ3v) is 2.97. The zero-order chi connectivity index (χ0) is 14.7. The summed E-state index contributed by atoms with van der Waals surface area (Å²) in [6, 6.07) is 8.82. The highest BCUT2D eigenvalue weighted by molar-refractivity contribution is 5.98. The van der Waals surface area contributed by atoms with Gasteiger partial charge in [-0.1, -0.05) is 24.3 Å². The van der Waals surface area contributed by atoms with Crippen molar-refractivity contribution in [3.8, 4) is 0 Å². The first-order valence-electron chi connectivity index (χ1n) is 6.19. The number of carbonyl (C=O) groups is 2. The highest BCUT2D eigenvalue weighted by Gasteiger charge is 2.16. The second-order valence-corrected chi connectivity index (χ2v) is 4.34. The van der Waals surface area contributed by atoms with Gasteiger partial charge in [-0.05, 0) is 18.4 Å². The van der Waals surface area contributed by atoms with Crippen LogP contribution in [0.1, 0.15) is 17.4 Å². The molecule has 1 heterocycles. The predicted molar refractivity (Wildman–Crippen MR) is 75.8 cm³/mol. The van der Waals surface area contributed by atoms with E-state index in [4.69, 9.17) is 10.8 Å². The molecule has 1 amide bonds. The van der Waals surface area contributed by atoms with Crippen LogP contribution in [0.15, 0.2) is 30.3 Å². The molecule has 0 atom stereocenters. The number of nitrogens with two attached hydrogens (primary N) is 1. The van der Waals surface area contributed by atoms with Crippen LogP contribution in [0.4, 0.5) is 5.82 Å². The molecule has 0 radical (unpaired) electrons. The number of nitrogens with zero attached hydrogens (tertiary/aromatic N) is 2. The van der Waals surface area contributed by atoms with Gasteiger partial charge in [-0.2, -0.15) is 0 Å². The smallest absolute Gasteiger partial charge is 0.354 e. The first kappa shape index (κ1) is 13.8. The van der Waals surface area contributed by atoms with Crippen molar-refractivity contribution in [2.75, 3.05) is 18.0 Å². The van der Waals surface area contributed by atoms with Crippen LogP contribution in [-0.2, 0) is 4.79 Å². The van der Waals surface area contributed by atoms with E-state index < -0.39 is 11.9 Å². The SMILES string of the molecule is CCN(CC(N)=O)c1nc(C(=O)O)cc2ccccc12. The number of pyridine rings is 1. The Labute approximate surface area is 115 Å². The zero-order valence-corrected chi connectivity index (χ0v) is 11.0. The molecule has 0 fully saturated rings. The Morgan fingerprint density at radius 3 is 2.65 bits per heavy atom. The molecule has 20 heavy (non-hydrogen) atoms. The molecule has 104 valence electrons. The second kappa shape index (κ2) is 5.56. The van der Waals surface area contributed by atoms with Gasteiger partial charge in [0.2, 0.25) is 5.91 Å². The van der Waals surface area contributed by atoms with E-state index in [1.807, 2.05) is 31.2 Å². The molecule has 0 saturated carbocycles. The van der Waals surface area contributed by atoms with Gasteiger partial charge in [0.05, 0.1) is 6.54 Å². The molecule has 2 rings (SSSR count). The zero-order valence-electron chi connectivity index (χ0n) is 11.0. The molecule has 0 aliphatic carbocycles. The third-order valence-electron chi connectivity index (χ3n) is 2.97. The molecule has 0 aliphatic heterocycles.